The smallest absolute Gasteiger partial charge is 0.258 e. The highest BCUT2D eigenvalue weighted by Crippen LogP contribution is 2.19. The monoisotopic (exact) mass is 367 g/mol. The van der Waals surface area contributed by atoms with Crippen molar-refractivity contribution in [2.24, 2.45) is 0 Å². The van der Waals surface area contributed by atoms with E-state index in [1.165, 1.54) is 0 Å². The van der Waals surface area contributed by atoms with Gasteiger partial charge in [-0.05, 0) is 47.1 Å². The van der Waals surface area contributed by atoms with Gasteiger partial charge in [-0.15, -0.1) is 0 Å². The topological polar surface area (TPSA) is 54.9 Å². The highest BCUT2D eigenvalue weighted by molar-refractivity contribution is 9.10. The molecule has 114 valence electrons. The van der Waals surface area contributed by atoms with Crippen LogP contribution in [0.3, 0.4) is 0 Å². The van der Waals surface area contributed by atoms with Gasteiger partial charge in [0.05, 0.1) is 17.0 Å². The third-order valence-electron chi connectivity index (χ3n) is 3.37. The van der Waals surface area contributed by atoms with E-state index < -0.39 is 0 Å². The highest BCUT2D eigenvalue weighted by Gasteiger charge is 2.12. The average Bonchev–Trinajstić information content (AvgIpc) is 2.57. The summed E-state index contributed by atoms with van der Waals surface area (Å²) in [5.41, 5.74) is 3.09. The number of pyridine rings is 2. The number of rotatable bonds is 3. The Balaban J connectivity index is 1.83. The number of halogens is 1. The van der Waals surface area contributed by atoms with E-state index in [1.807, 2.05) is 49.4 Å². The molecule has 23 heavy (non-hydrogen) atoms. The van der Waals surface area contributed by atoms with Crippen molar-refractivity contribution in [1.29, 1.82) is 0 Å². The van der Waals surface area contributed by atoms with E-state index in [-0.39, 0.29) is 5.91 Å². The van der Waals surface area contributed by atoms with Crippen LogP contribution < -0.4 is 5.32 Å². The number of aryl methyl sites for hydroxylation is 1. The molecule has 0 aliphatic rings. The van der Waals surface area contributed by atoms with Gasteiger partial charge in [0.15, 0.2) is 0 Å². The van der Waals surface area contributed by atoms with E-state index in [0.717, 1.165) is 15.7 Å². The lowest BCUT2D eigenvalue weighted by atomic mass is 10.1. The van der Waals surface area contributed by atoms with Crippen molar-refractivity contribution >= 4 is 27.7 Å². The van der Waals surface area contributed by atoms with Crippen LogP contribution in [0.25, 0.3) is 11.3 Å². The predicted octanol–water partition coefficient (Wildman–Crippen LogP) is 4.47. The number of nitrogens with zero attached hydrogens (tertiary/aromatic N) is 2. The number of benzene rings is 1. The first-order chi connectivity index (χ1) is 11.1. The largest absolute Gasteiger partial charge is 0.307 e. The van der Waals surface area contributed by atoms with E-state index in [4.69, 9.17) is 0 Å². The Morgan fingerprint density at radius 3 is 2.48 bits per heavy atom. The zero-order valence-electron chi connectivity index (χ0n) is 12.5. The summed E-state index contributed by atoms with van der Waals surface area (Å²) in [5, 5.41) is 2.77. The first-order valence-electron chi connectivity index (χ1n) is 7.09. The zero-order valence-corrected chi connectivity index (χ0v) is 14.0. The molecule has 0 saturated carbocycles. The second-order valence-corrected chi connectivity index (χ2v) is 5.93. The molecular formula is C18H14BrN3O. The van der Waals surface area contributed by atoms with Gasteiger partial charge >= 0.3 is 0 Å². The standard InChI is InChI=1S/C18H14BrN3O/c1-12-15(18(23)22-17-10-7-14(19)11-20-17)8-9-16(21-12)13-5-3-2-4-6-13/h2-11H,1H3,(H,20,22,23). The predicted molar refractivity (Wildman–Crippen MR) is 94.3 cm³/mol. The lowest BCUT2D eigenvalue weighted by molar-refractivity contribution is 0.102. The van der Waals surface area contributed by atoms with E-state index in [2.05, 4.69) is 31.2 Å². The second kappa shape index (κ2) is 6.71. The van der Waals surface area contributed by atoms with E-state index >= 15 is 0 Å². The molecule has 5 heteroatoms. The van der Waals surface area contributed by atoms with E-state index in [0.29, 0.717) is 17.1 Å². The number of anilines is 1. The molecule has 3 aromatic rings. The van der Waals surface area contributed by atoms with Crippen LogP contribution in [0.15, 0.2) is 65.3 Å². The SMILES string of the molecule is Cc1nc(-c2ccccc2)ccc1C(=O)Nc1ccc(Br)cn1. The molecule has 0 aliphatic heterocycles. The molecule has 1 N–H and O–H groups in total. The number of carbonyl (C=O) groups excluding carboxylic acids is 1. The van der Waals surface area contributed by atoms with Gasteiger partial charge in [0.2, 0.25) is 0 Å². The molecule has 1 aromatic carbocycles. The van der Waals surface area contributed by atoms with Crippen LogP contribution in [0.2, 0.25) is 0 Å². The van der Waals surface area contributed by atoms with Crippen molar-refractivity contribution in [3.63, 3.8) is 0 Å². The molecule has 0 fully saturated rings. The Morgan fingerprint density at radius 1 is 1.04 bits per heavy atom. The van der Waals surface area contributed by atoms with Gasteiger partial charge in [-0.2, -0.15) is 0 Å². The van der Waals surface area contributed by atoms with Gasteiger partial charge < -0.3 is 5.32 Å². The summed E-state index contributed by atoms with van der Waals surface area (Å²) >= 11 is 3.31. The molecule has 0 bridgehead atoms. The van der Waals surface area contributed by atoms with Gasteiger partial charge in [-0.3, -0.25) is 9.78 Å². The third-order valence-corrected chi connectivity index (χ3v) is 3.84. The fraction of sp³-hybridized carbons (Fsp3) is 0.0556. The normalized spacial score (nSPS) is 10.3. The molecule has 0 atom stereocenters. The molecule has 0 aliphatic carbocycles. The summed E-state index contributed by atoms with van der Waals surface area (Å²) in [6.45, 7) is 1.83. The summed E-state index contributed by atoms with van der Waals surface area (Å²) in [4.78, 5) is 21.0. The lowest BCUT2D eigenvalue weighted by Crippen LogP contribution is -2.15. The van der Waals surface area contributed by atoms with E-state index in [9.17, 15) is 4.79 Å². The zero-order chi connectivity index (χ0) is 16.2. The quantitative estimate of drug-likeness (QED) is 0.742. The van der Waals surface area contributed by atoms with Crippen molar-refractivity contribution in [1.82, 2.24) is 9.97 Å². The van der Waals surface area contributed by atoms with Gasteiger partial charge in [-0.1, -0.05) is 30.3 Å². The fourth-order valence-corrected chi connectivity index (χ4v) is 2.44. The van der Waals surface area contributed by atoms with Gasteiger partial charge in [0.25, 0.3) is 5.91 Å². The Labute approximate surface area is 142 Å². The van der Waals surface area contributed by atoms with Gasteiger partial charge in [0, 0.05) is 16.2 Å². The minimum Gasteiger partial charge on any atom is -0.307 e. The van der Waals surface area contributed by atoms with Gasteiger partial charge in [0.1, 0.15) is 5.82 Å². The molecule has 0 unspecified atom stereocenters. The lowest BCUT2D eigenvalue weighted by Gasteiger charge is -2.08. The summed E-state index contributed by atoms with van der Waals surface area (Å²) in [6.07, 6.45) is 1.64. The number of carbonyl (C=O) groups is 1. The third kappa shape index (κ3) is 3.63. The van der Waals surface area contributed by atoms with Crippen LogP contribution in [0.5, 0.6) is 0 Å². The number of nitrogens with one attached hydrogen (secondary N) is 1. The van der Waals surface area contributed by atoms with Crippen LogP contribution in [0.4, 0.5) is 5.82 Å². The summed E-state index contributed by atoms with van der Waals surface area (Å²) in [6, 6.07) is 17.1. The maximum absolute atomic E-state index is 12.4. The first-order valence-corrected chi connectivity index (χ1v) is 7.89. The minimum absolute atomic E-state index is 0.218. The molecule has 3 rings (SSSR count). The Morgan fingerprint density at radius 2 is 1.83 bits per heavy atom. The molecule has 2 aromatic heterocycles. The Kier molecular flexibility index (Phi) is 4.48. The Hall–Kier alpha value is -2.53. The van der Waals surface area contributed by atoms with Crippen LogP contribution in [-0.4, -0.2) is 15.9 Å². The van der Waals surface area contributed by atoms with Gasteiger partial charge in [-0.25, -0.2) is 4.98 Å². The van der Waals surface area contributed by atoms with Crippen molar-refractivity contribution in [2.45, 2.75) is 6.92 Å². The number of aromatic nitrogens is 2. The number of hydrogen-bond acceptors (Lipinski definition) is 3. The maximum Gasteiger partial charge on any atom is 0.258 e. The van der Waals surface area contributed by atoms with Crippen LogP contribution >= 0.6 is 15.9 Å². The van der Waals surface area contributed by atoms with Crippen LogP contribution in [0, 0.1) is 6.92 Å². The van der Waals surface area contributed by atoms with Crippen molar-refractivity contribution < 1.29 is 4.79 Å². The molecular weight excluding hydrogens is 354 g/mol. The molecule has 0 saturated heterocycles. The minimum atomic E-state index is -0.218. The summed E-state index contributed by atoms with van der Waals surface area (Å²) in [5.74, 6) is 0.286. The number of hydrogen-bond donors (Lipinski definition) is 1. The van der Waals surface area contributed by atoms with Crippen molar-refractivity contribution in [3.05, 3.63) is 76.5 Å². The Bertz CT molecular complexity index is 833. The highest BCUT2D eigenvalue weighted by atomic mass is 79.9. The molecule has 1 amide bonds. The number of amides is 1. The summed E-state index contributed by atoms with van der Waals surface area (Å²) in [7, 11) is 0. The second-order valence-electron chi connectivity index (χ2n) is 5.01. The van der Waals surface area contributed by atoms with Crippen molar-refractivity contribution in [3.8, 4) is 11.3 Å². The maximum atomic E-state index is 12.4. The molecule has 4 nitrogen and oxygen atoms in total. The van der Waals surface area contributed by atoms with Crippen LogP contribution in [0.1, 0.15) is 16.1 Å². The van der Waals surface area contributed by atoms with Crippen LogP contribution in [-0.2, 0) is 0 Å². The average molecular weight is 368 g/mol. The summed E-state index contributed by atoms with van der Waals surface area (Å²) < 4.78 is 0.862. The molecule has 2 heterocycles. The molecule has 0 radical (unpaired) electrons. The van der Waals surface area contributed by atoms with Crippen molar-refractivity contribution in [2.75, 3.05) is 5.32 Å². The first kappa shape index (κ1) is 15.4. The van der Waals surface area contributed by atoms with E-state index in [1.54, 1.807) is 18.3 Å². The molecule has 0 spiro atoms. The fourth-order valence-electron chi connectivity index (χ4n) is 2.20.